The number of carbonyl (C=O) groups excluding carboxylic acids is 2. The van der Waals surface area contributed by atoms with E-state index in [1.54, 1.807) is 31.2 Å². The molecular formula is C17H23NO5. The topological polar surface area (TPSA) is 92.7 Å². The molecule has 0 aromatic heterocycles. The first-order valence-electron chi connectivity index (χ1n) is 7.65. The van der Waals surface area contributed by atoms with Crippen LogP contribution in [0.15, 0.2) is 24.3 Å². The molecule has 0 aliphatic carbocycles. The number of rotatable bonds is 8. The number of carboxylic acid groups (broad SMARTS) is 1. The quantitative estimate of drug-likeness (QED) is 0.718. The number of amides is 1. The van der Waals surface area contributed by atoms with Gasteiger partial charge in [0.2, 0.25) is 5.91 Å². The van der Waals surface area contributed by atoms with Crippen LogP contribution in [-0.2, 0) is 14.3 Å². The van der Waals surface area contributed by atoms with Gasteiger partial charge in [0.25, 0.3) is 0 Å². The van der Waals surface area contributed by atoms with Crippen LogP contribution in [0.1, 0.15) is 44.0 Å². The number of carbonyl (C=O) groups is 3. The van der Waals surface area contributed by atoms with Gasteiger partial charge in [-0.15, -0.1) is 0 Å². The van der Waals surface area contributed by atoms with Crippen LogP contribution in [0, 0.1) is 11.8 Å². The zero-order valence-electron chi connectivity index (χ0n) is 13.7. The van der Waals surface area contributed by atoms with E-state index in [0.717, 1.165) is 0 Å². The number of para-hydroxylation sites is 1. The van der Waals surface area contributed by atoms with Crippen molar-refractivity contribution >= 4 is 23.5 Å². The van der Waals surface area contributed by atoms with Gasteiger partial charge in [-0.3, -0.25) is 9.59 Å². The number of anilines is 1. The van der Waals surface area contributed by atoms with Crippen LogP contribution in [0.25, 0.3) is 0 Å². The molecule has 126 valence electrons. The summed E-state index contributed by atoms with van der Waals surface area (Å²) in [5.74, 6) is -2.35. The first-order chi connectivity index (χ1) is 10.9. The predicted molar refractivity (Wildman–Crippen MR) is 86.2 cm³/mol. The number of aliphatic carboxylic acids is 1. The molecule has 0 aliphatic rings. The molecule has 0 saturated heterocycles. The van der Waals surface area contributed by atoms with E-state index in [-0.39, 0.29) is 36.8 Å². The molecule has 1 atom stereocenters. The average Bonchev–Trinajstić information content (AvgIpc) is 2.47. The standard InChI is InChI=1S/C17H23NO5/c1-4-23-17(22)13-7-5-6-8-14(13)18-15(19)10-9-12(11(2)3)16(20)21/h5-8,11-12H,4,9-10H2,1-3H3,(H,18,19)(H,20,21). The van der Waals surface area contributed by atoms with Gasteiger partial charge in [0.05, 0.1) is 23.8 Å². The van der Waals surface area contributed by atoms with E-state index in [1.807, 2.05) is 13.8 Å². The highest BCUT2D eigenvalue weighted by molar-refractivity contribution is 6.01. The van der Waals surface area contributed by atoms with Crippen molar-refractivity contribution in [1.29, 1.82) is 0 Å². The highest BCUT2D eigenvalue weighted by Gasteiger charge is 2.22. The first kappa shape index (κ1) is 18.7. The molecule has 6 nitrogen and oxygen atoms in total. The molecule has 1 aromatic rings. The number of benzene rings is 1. The molecule has 0 spiro atoms. The van der Waals surface area contributed by atoms with Crippen LogP contribution in [0.2, 0.25) is 0 Å². The van der Waals surface area contributed by atoms with Gasteiger partial charge >= 0.3 is 11.9 Å². The molecule has 23 heavy (non-hydrogen) atoms. The lowest BCUT2D eigenvalue weighted by Crippen LogP contribution is -2.23. The van der Waals surface area contributed by atoms with E-state index in [0.29, 0.717) is 5.69 Å². The number of carboxylic acids is 1. The van der Waals surface area contributed by atoms with Crippen molar-refractivity contribution in [2.24, 2.45) is 11.8 Å². The van der Waals surface area contributed by atoms with Gasteiger partial charge in [-0.25, -0.2) is 4.79 Å². The van der Waals surface area contributed by atoms with E-state index < -0.39 is 17.9 Å². The summed E-state index contributed by atoms with van der Waals surface area (Å²) >= 11 is 0. The Balaban J connectivity index is 2.71. The smallest absolute Gasteiger partial charge is 0.340 e. The molecule has 0 fully saturated rings. The summed E-state index contributed by atoms with van der Waals surface area (Å²) < 4.78 is 4.94. The summed E-state index contributed by atoms with van der Waals surface area (Å²) in [6, 6.07) is 6.57. The van der Waals surface area contributed by atoms with Crippen LogP contribution in [0.3, 0.4) is 0 Å². The molecule has 1 amide bonds. The zero-order valence-corrected chi connectivity index (χ0v) is 13.7. The van der Waals surface area contributed by atoms with Gasteiger partial charge < -0.3 is 15.2 Å². The maximum Gasteiger partial charge on any atom is 0.340 e. The average molecular weight is 321 g/mol. The van der Waals surface area contributed by atoms with Crippen molar-refractivity contribution in [3.05, 3.63) is 29.8 Å². The molecule has 1 unspecified atom stereocenters. The van der Waals surface area contributed by atoms with Crippen molar-refractivity contribution in [1.82, 2.24) is 0 Å². The van der Waals surface area contributed by atoms with Crippen LogP contribution < -0.4 is 5.32 Å². The minimum absolute atomic E-state index is 0.0490. The fourth-order valence-electron chi connectivity index (χ4n) is 2.22. The number of nitrogens with one attached hydrogen (secondary N) is 1. The fraction of sp³-hybridized carbons (Fsp3) is 0.471. The molecule has 2 N–H and O–H groups in total. The predicted octanol–water partition coefficient (Wildman–Crippen LogP) is 2.94. The summed E-state index contributed by atoms with van der Waals surface area (Å²) in [6.07, 6.45) is 0.326. The number of ether oxygens (including phenoxy) is 1. The molecule has 1 aromatic carbocycles. The van der Waals surface area contributed by atoms with Crippen molar-refractivity contribution in [2.45, 2.75) is 33.6 Å². The second-order valence-corrected chi connectivity index (χ2v) is 5.54. The normalized spacial score (nSPS) is 11.8. The van der Waals surface area contributed by atoms with Gasteiger partial charge in [-0.2, -0.15) is 0 Å². The highest BCUT2D eigenvalue weighted by Crippen LogP contribution is 2.20. The Morgan fingerprint density at radius 2 is 1.87 bits per heavy atom. The molecule has 6 heteroatoms. The summed E-state index contributed by atoms with van der Waals surface area (Å²) in [5, 5.41) is 11.8. The van der Waals surface area contributed by atoms with Crippen molar-refractivity contribution in [3.8, 4) is 0 Å². The molecule has 0 aliphatic heterocycles. The van der Waals surface area contributed by atoms with E-state index in [4.69, 9.17) is 9.84 Å². The molecule has 0 radical (unpaired) electrons. The van der Waals surface area contributed by atoms with Crippen molar-refractivity contribution in [2.75, 3.05) is 11.9 Å². The zero-order chi connectivity index (χ0) is 17.4. The van der Waals surface area contributed by atoms with Crippen LogP contribution in [-0.4, -0.2) is 29.6 Å². The number of hydrogen-bond donors (Lipinski definition) is 2. The Morgan fingerprint density at radius 3 is 2.43 bits per heavy atom. The second-order valence-electron chi connectivity index (χ2n) is 5.54. The Labute approximate surface area is 135 Å². The van der Waals surface area contributed by atoms with Gasteiger partial charge in [-0.1, -0.05) is 26.0 Å². The Bertz CT molecular complexity index is 568. The largest absolute Gasteiger partial charge is 0.481 e. The summed E-state index contributed by atoms with van der Waals surface area (Å²) in [7, 11) is 0. The van der Waals surface area contributed by atoms with Gasteiger partial charge in [0.1, 0.15) is 0 Å². The van der Waals surface area contributed by atoms with Crippen LogP contribution in [0.4, 0.5) is 5.69 Å². The lowest BCUT2D eigenvalue weighted by atomic mass is 9.91. The van der Waals surface area contributed by atoms with E-state index >= 15 is 0 Å². The monoisotopic (exact) mass is 321 g/mol. The molecule has 0 heterocycles. The minimum atomic E-state index is -0.903. The van der Waals surface area contributed by atoms with E-state index in [1.165, 1.54) is 0 Å². The minimum Gasteiger partial charge on any atom is -0.481 e. The SMILES string of the molecule is CCOC(=O)c1ccccc1NC(=O)CCC(C(=O)O)C(C)C. The maximum atomic E-state index is 12.0. The Hall–Kier alpha value is -2.37. The molecule has 1 rings (SSSR count). The molecule has 0 bridgehead atoms. The number of esters is 1. The highest BCUT2D eigenvalue weighted by atomic mass is 16.5. The second kappa shape index (κ2) is 8.92. The Kier molecular flexibility index (Phi) is 7.25. The Morgan fingerprint density at radius 1 is 1.22 bits per heavy atom. The molecule has 0 saturated carbocycles. The third-order valence-electron chi connectivity index (χ3n) is 3.50. The van der Waals surface area contributed by atoms with E-state index in [2.05, 4.69) is 5.32 Å². The fourth-order valence-corrected chi connectivity index (χ4v) is 2.22. The van der Waals surface area contributed by atoms with Crippen LogP contribution >= 0.6 is 0 Å². The van der Waals surface area contributed by atoms with Crippen molar-refractivity contribution in [3.63, 3.8) is 0 Å². The van der Waals surface area contributed by atoms with Gasteiger partial charge in [-0.05, 0) is 31.4 Å². The van der Waals surface area contributed by atoms with Gasteiger partial charge in [0, 0.05) is 6.42 Å². The summed E-state index contributed by atoms with van der Waals surface area (Å²) in [4.78, 5) is 35.0. The maximum absolute atomic E-state index is 12.0. The lowest BCUT2D eigenvalue weighted by Gasteiger charge is -2.16. The van der Waals surface area contributed by atoms with Crippen LogP contribution in [0.5, 0.6) is 0 Å². The third-order valence-corrected chi connectivity index (χ3v) is 3.50. The van der Waals surface area contributed by atoms with Gasteiger partial charge in [0.15, 0.2) is 0 Å². The first-order valence-corrected chi connectivity index (χ1v) is 7.65. The van der Waals surface area contributed by atoms with E-state index in [9.17, 15) is 14.4 Å². The summed E-state index contributed by atoms with van der Waals surface area (Å²) in [6.45, 7) is 5.58. The lowest BCUT2D eigenvalue weighted by molar-refractivity contribution is -0.143. The van der Waals surface area contributed by atoms with Crippen molar-refractivity contribution < 1.29 is 24.2 Å². The third kappa shape index (κ3) is 5.73. The summed E-state index contributed by atoms with van der Waals surface area (Å²) in [5.41, 5.74) is 0.647. The number of hydrogen-bond acceptors (Lipinski definition) is 4. The molecular weight excluding hydrogens is 298 g/mol.